The van der Waals surface area contributed by atoms with Gasteiger partial charge in [0.05, 0.1) is 12.2 Å². The van der Waals surface area contributed by atoms with Crippen LogP contribution in [0.4, 0.5) is 5.13 Å². The van der Waals surface area contributed by atoms with E-state index in [-0.39, 0.29) is 11.8 Å². The maximum atomic E-state index is 12.1. The van der Waals surface area contributed by atoms with Gasteiger partial charge < -0.3 is 5.32 Å². The molecular formula is C18H17N3O2S2. The molecule has 3 rings (SSSR count). The van der Waals surface area contributed by atoms with E-state index in [2.05, 4.69) is 15.6 Å². The summed E-state index contributed by atoms with van der Waals surface area (Å²) in [5, 5.41) is 10.1. The van der Waals surface area contributed by atoms with E-state index in [0.717, 1.165) is 10.6 Å². The number of benzene rings is 1. The number of hydrogen-bond acceptors (Lipinski definition) is 5. The molecule has 0 saturated carbocycles. The molecule has 0 unspecified atom stereocenters. The number of hydrogen-bond donors (Lipinski definition) is 2. The van der Waals surface area contributed by atoms with Crippen molar-refractivity contribution in [1.82, 2.24) is 10.3 Å². The third kappa shape index (κ3) is 5.23. The molecule has 0 aliphatic carbocycles. The van der Waals surface area contributed by atoms with Crippen LogP contribution in [0.5, 0.6) is 0 Å². The summed E-state index contributed by atoms with van der Waals surface area (Å²) in [6.07, 6.45) is 0.926. The van der Waals surface area contributed by atoms with Crippen LogP contribution < -0.4 is 10.6 Å². The van der Waals surface area contributed by atoms with Crippen molar-refractivity contribution in [2.75, 3.05) is 5.32 Å². The van der Waals surface area contributed by atoms with E-state index in [1.165, 1.54) is 11.3 Å². The Hall–Kier alpha value is -2.51. The SMILES string of the molecule is O=C(CCc1csc(NC(=O)c2ccccc2)n1)NCc1cccs1. The van der Waals surface area contributed by atoms with Gasteiger partial charge in [-0.1, -0.05) is 24.3 Å². The second-order valence-electron chi connectivity index (χ2n) is 5.32. The number of thiophene rings is 1. The third-order valence-corrected chi connectivity index (χ3v) is 5.14. The van der Waals surface area contributed by atoms with Crippen molar-refractivity contribution in [3.63, 3.8) is 0 Å². The lowest BCUT2D eigenvalue weighted by Gasteiger charge is -2.02. The van der Waals surface area contributed by atoms with Gasteiger partial charge in [0.25, 0.3) is 5.91 Å². The van der Waals surface area contributed by atoms with E-state index in [1.807, 2.05) is 41.1 Å². The van der Waals surface area contributed by atoms with Crippen LogP contribution in [0.25, 0.3) is 0 Å². The van der Waals surface area contributed by atoms with Gasteiger partial charge in [-0.25, -0.2) is 4.98 Å². The summed E-state index contributed by atoms with van der Waals surface area (Å²) >= 11 is 2.98. The largest absolute Gasteiger partial charge is 0.351 e. The van der Waals surface area contributed by atoms with Crippen molar-refractivity contribution in [2.24, 2.45) is 0 Å². The van der Waals surface area contributed by atoms with Gasteiger partial charge in [-0.15, -0.1) is 22.7 Å². The van der Waals surface area contributed by atoms with Crippen molar-refractivity contribution >= 4 is 39.6 Å². The monoisotopic (exact) mass is 371 g/mol. The molecule has 2 aromatic heterocycles. The molecule has 0 spiro atoms. The lowest BCUT2D eigenvalue weighted by Crippen LogP contribution is -2.22. The van der Waals surface area contributed by atoms with Crippen LogP contribution >= 0.6 is 22.7 Å². The Kier molecular flexibility index (Phi) is 5.92. The van der Waals surface area contributed by atoms with E-state index in [9.17, 15) is 9.59 Å². The molecule has 0 radical (unpaired) electrons. The van der Waals surface area contributed by atoms with Gasteiger partial charge in [-0.05, 0) is 30.0 Å². The van der Waals surface area contributed by atoms with Gasteiger partial charge in [-0.2, -0.15) is 0 Å². The molecule has 2 heterocycles. The fourth-order valence-electron chi connectivity index (χ4n) is 2.17. The Labute approximate surface area is 153 Å². The molecule has 0 aliphatic rings. The predicted octanol–water partition coefficient (Wildman–Crippen LogP) is 3.71. The van der Waals surface area contributed by atoms with Crippen LogP contribution in [-0.4, -0.2) is 16.8 Å². The quantitative estimate of drug-likeness (QED) is 0.665. The first-order valence-corrected chi connectivity index (χ1v) is 9.56. The number of aromatic nitrogens is 1. The molecule has 2 amide bonds. The highest BCUT2D eigenvalue weighted by Crippen LogP contribution is 2.17. The molecule has 2 N–H and O–H groups in total. The molecular weight excluding hydrogens is 354 g/mol. The summed E-state index contributed by atoms with van der Waals surface area (Å²) < 4.78 is 0. The van der Waals surface area contributed by atoms with Crippen molar-refractivity contribution in [2.45, 2.75) is 19.4 Å². The third-order valence-electron chi connectivity index (χ3n) is 3.46. The predicted molar refractivity (Wildman–Crippen MR) is 101 cm³/mol. The summed E-state index contributed by atoms with van der Waals surface area (Å²) in [6.45, 7) is 0.561. The average Bonchev–Trinajstić information content (AvgIpc) is 3.31. The van der Waals surface area contributed by atoms with E-state index in [1.54, 1.807) is 23.5 Å². The van der Waals surface area contributed by atoms with Gasteiger partial charge in [0.1, 0.15) is 0 Å². The molecule has 25 heavy (non-hydrogen) atoms. The van der Waals surface area contributed by atoms with Gasteiger partial charge in [-0.3, -0.25) is 14.9 Å². The molecule has 1 aromatic carbocycles. The van der Waals surface area contributed by atoms with Crippen LogP contribution in [0.1, 0.15) is 27.3 Å². The Morgan fingerprint density at radius 3 is 2.64 bits per heavy atom. The molecule has 0 bridgehead atoms. The molecule has 0 aliphatic heterocycles. The Bertz CT molecular complexity index is 829. The second kappa shape index (κ2) is 8.55. The minimum Gasteiger partial charge on any atom is -0.351 e. The first-order valence-electron chi connectivity index (χ1n) is 7.80. The number of anilines is 1. The molecule has 5 nitrogen and oxygen atoms in total. The smallest absolute Gasteiger partial charge is 0.257 e. The number of rotatable bonds is 7. The number of aryl methyl sites for hydroxylation is 1. The van der Waals surface area contributed by atoms with Crippen LogP contribution in [0.3, 0.4) is 0 Å². The zero-order valence-electron chi connectivity index (χ0n) is 13.4. The first-order chi connectivity index (χ1) is 12.2. The molecule has 128 valence electrons. The number of carbonyl (C=O) groups is 2. The lowest BCUT2D eigenvalue weighted by molar-refractivity contribution is -0.121. The lowest BCUT2D eigenvalue weighted by atomic mass is 10.2. The topological polar surface area (TPSA) is 71.1 Å². The highest BCUT2D eigenvalue weighted by atomic mass is 32.1. The van der Waals surface area contributed by atoms with Gasteiger partial charge in [0.2, 0.25) is 5.91 Å². The fourth-order valence-corrected chi connectivity index (χ4v) is 3.55. The van der Waals surface area contributed by atoms with E-state index in [4.69, 9.17) is 0 Å². The molecule has 0 atom stereocenters. The highest BCUT2D eigenvalue weighted by Gasteiger charge is 2.10. The summed E-state index contributed by atoms with van der Waals surface area (Å²) in [6, 6.07) is 13.0. The minimum atomic E-state index is -0.185. The van der Waals surface area contributed by atoms with Crippen LogP contribution in [-0.2, 0) is 17.8 Å². The molecule has 0 fully saturated rings. The summed E-state index contributed by atoms with van der Waals surface area (Å²) in [4.78, 5) is 29.5. The van der Waals surface area contributed by atoms with Crippen LogP contribution in [0, 0.1) is 0 Å². The number of carbonyl (C=O) groups excluding carboxylic acids is 2. The van der Waals surface area contributed by atoms with E-state index < -0.39 is 0 Å². The molecule has 7 heteroatoms. The number of thiazole rings is 1. The Morgan fingerprint density at radius 1 is 1.04 bits per heavy atom. The second-order valence-corrected chi connectivity index (χ2v) is 7.21. The molecule has 3 aromatic rings. The minimum absolute atomic E-state index is 0.00345. The zero-order chi connectivity index (χ0) is 17.5. The van der Waals surface area contributed by atoms with Gasteiger partial charge in [0.15, 0.2) is 5.13 Å². The summed E-state index contributed by atoms with van der Waals surface area (Å²) in [5.74, 6) is -0.188. The van der Waals surface area contributed by atoms with Crippen molar-refractivity contribution in [3.8, 4) is 0 Å². The number of nitrogens with one attached hydrogen (secondary N) is 2. The van der Waals surface area contributed by atoms with Crippen molar-refractivity contribution < 1.29 is 9.59 Å². The normalized spacial score (nSPS) is 10.4. The maximum absolute atomic E-state index is 12.1. The van der Waals surface area contributed by atoms with Crippen LogP contribution in [0.2, 0.25) is 0 Å². The Balaban J connectivity index is 1.45. The maximum Gasteiger partial charge on any atom is 0.257 e. The standard InChI is InChI=1S/C18H17N3O2S2/c22-16(19-11-15-7-4-10-24-15)9-8-14-12-25-18(20-14)21-17(23)13-5-2-1-3-6-13/h1-7,10,12H,8-9,11H2,(H,19,22)(H,20,21,23). The highest BCUT2D eigenvalue weighted by molar-refractivity contribution is 7.14. The van der Waals surface area contributed by atoms with Crippen molar-refractivity contribution in [1.29, 1.82) is 0 Å². The first kappa shape index (κ1) is 17.3. The Morgan fingerprint density at radius 2 is 1.88 bits per heavy atom. The average molecular weight is 371 g/mol. The zero-order valence-corrected chi connectivity index (χ0v) is 15.0. The van der Waals surface area contributed by atoms with E-state index in [0.29, 0.717) is 30.1 Å². The van der Waals surface area contributed by atoms with Gasteiger partial charge >= 0.3 is 0 Å². The van der Waals surface area contributed by atoms with Crippen molar-refractivity contribution in [3.05, 3.63) is 69.4 Å². The van der Waals surface area contributed by atoms with Crippen LogP contribution in [0.15, 0.2) is 53.2 Å². The fraction of sp³-hybridized carbons (Fsp3) is 0.167. The summed E-state index contributed by atoms with van der Waals surface area (Å²) in [7, 11) is 0. The van der Waals surface area contributed by atoms with E-state index >= 15 is 0 Å². The molecule has 0 saturated heterocycles. The number of nitrogens with zero attached hydrogens (tertiary/aromatic N) is 1. The van der Waals surface area contributed by atoms with Gasteiger partial charge in [0, 0.05) is 22.2 Å². The number of amides is 2. The summed E-state index contributed by atoms with van der Waals surface area (Å²) in [5.41, 5.74) is 1.40.